The molecule has 1 N–H and O–H groups in total. The van der Waals surface area contributed by atoms with Crippen molar-refractivity contribution in [3.05, 3.63) is 52.5 Å². The molecule has 0 radical (unpaired) electrons. The number of hydrogen-bond donors (Lipinski definition) is 1. The molecule has 3 aromatic rings. The molecule has 0 aliphatic rings. The lowest BCUT2D eigenvalue weighted by Gasteiger charge is -2.12. The predicted molar refractivity (Wildman–Crippen MR) is 76.9 cm³/mol. The van der Waals surface area contributed by atoms with Gasteiger partial charge in [0.25, 0.3) is 0 Å². The van der Waals surface area contributed by atoms with E-state index in [2.05, 4.69) is 9.97 Å². The fraction of sp³-hybridized carbons (Fsp3) is 0.0667. The van der Waals surface area contributed by atoms with E-state index in [1.807, 2.05) is 0 Å². The molecule has 112 valence electrons. The van der Waals surface area contributed by atoms with Crippen LogP contribution in [-0.4, -0.2) is 16.3 Å². The van der Waals surface area contributed by atoms with Crippen LogP contribution < -0.4 is 0 Å². The molecule has 0 unspecified atom stereocenters. The van der Waals surface area contributed by atoms with Gasteiger partial charge in [0.1, 0.15) is 12.1 Å². The largest absolute Gasteiger partial charge is 0.417 e. The topological polar surface area (TPSA) is 45.8 Å². The Hall–Kier alpha value is -2.34. The maximum absolute atomic E-state index is 13.1. The smallest absolute Gasteiger partial charge is 0.338 e. The van der Waals surface area contributed by atoms with Crippen LogP contribution in [0.5, 0.6) is 0 Å². The number of carbonyl (C=O) groups excluding carboxylic acids is 1. The molecule has 0 aliphatic heterocycles. The fourth-order valence-corrected chi connectivity index (χ4v) is 2.48. The minimum absolute atomic E-state index is 0.0102. The summed E-state index contributed by atoms with van der Waals surface area (Å²) in [5.41, 5.74) is 0.245. The maximum atomic E-state index is 13.1. The Morgan fingerprint density at radius 2 is 1.95 bits per heavy atom. The number of benzene rings is 2. The monoisotopic (exact) mass is 324 g/mol. The van der Waals surface area contributed by atoms with Gasteiger partial charge in [0.2, 0.25) is 0 Å². The van der Waals surface area contributed by atoms with Crippen molar-refractivity contribution < 1.29 is 18.0 Å². The number of aldehydes is 1. The van der Waals surface area contributed by atoms with E-state index in [-0.39, 0.29) is 16.4 Å². The average molecular weight is 325 g/mol. The van der Waals surface area contributed by atoms with Crippen molar-refractivity contribution in [3.63, 3.8) is 0 Å². The number of fused-ring (bicyclic) bond motifs is 1. The van der Waals surface area contributed by atoms with Crippen LogP contribution in [0.15, 0.2) is 36.4 Å². The molecule has 3 rings (SSSR count). The Balaban J connectivity index is 2.25. The number of hydrogen-bond acceptors (Lipinski definition) is 2. The van der Waals surface area contributed by atoms with Crippen molar-refractivity contribution in [2.75, 3.05) is 0 Å². The van der Waals surface area contributed by atoms with Crippen LogP contribution in [-0.2, 0) is 6.18 Å². The number of H-pyrrole nitrogens is 1. The summed E-state index contributed by atoms with van der Waals surface area (Å²) in [6.07, 6.45) is -3.90. The third kappa shape index (κ3) is 2.46. The predicted octanol–water partition coefficient (Wildman–Crippen LogP) is 4.71. The molecule has 1 aromatic heterocycles. The van der Waals surface area contributed by atoms with E-state index < -0.39 is 11.7 Å². The van der Waals surface area contributed by atoms with Gasteiger partial charge in [-0.25, -0.2) is 4.98 Å². The molecule has 22 heavy (non-hydrogen) atoms. The van der Waals surface area contributed by atoms with Gasteiger partial charge in [-0.2, -0.15) is 13.2 Å². The molecule has 0 amide bonds. The zero-order valence-corrected chi connectivity index (χ0v) is 11.7. The second-order valence-electron chi connectivity index (χ2n) is 4.64. The first kappa shape index (κ1) is 14.6. The van der Waals surface area contributed by atoms with E-state index in [0.29, 0.717) is 22.9 Å². The molecule has 0 fully saturated rings. The van der Waals surface area contributed by atoms with Gasteiger partial charge in [0.05, 0.1) is 21.6 Å². The molecule has 2 aromatic carbocycles. The standard InChI is InChI=1S/C15H8ClF3N2O/c16-10-3-1-2-9(15(17,18)19)13(10)14-20-11-5-4-8(7-22)6-12(11)21-14/h1-7H,(H,20,21). The van der Waals surface area contributed by atoms with Crippen LogP contribution in [0, 0.1) is 0 Å². The van der Waals surface area contributed by atoms with Crippen LogP contribution >= 0.6 is 11.6 Å². The number of aromatic amines is 1. The molecule has 3 nitrogen and oxygen atoms in total. The van der Waals surface area contributed by atoms with Gasteiger partial charge in [-0.15, -0.1) is 0 Å². The zero-order valence-electron chi connectivity index (χ0n) is 10.9. The molecule has 7 heteroatoms. The van der Waals surface area contributed by atoms with E-state index in [1.54, 1.807) is 6.07 Å². The highest BCUT2D eigenvalue weighted by Gasteiger charge is 2.35. The number of rotatable bonds is 2. The highest BCUT2D eigenvalue weighted by Crippen LogP contribution is 2.40. The molecular weight excluding hydrogens is 317 g/mol. The molecule has 0 atom stereocenters. The number of nitrogens with zero attached hydrogens (tertiary/aromatic N) is 1. The first-order valence-corrected chi connectivity index (χ1v) is 6.59. The van der Waals surface area contributed by atoms with Crippen molar-refractivity contribution >= 4 is 28.9 Å². The van der Waals surface area contributed by atoms with Gasteiger partial charge in [0.15, 0.2) is 0 Å². The molecule has 0 saturated heterocycles. The SMILES string of the molecule is O=Cc1ccc2nc(-c3c(Cl)cccc3C(F)(F)F)[nH]c2c1. The van der Waals surface area contributed by atoms with E-state index in [9.17, 15) is 18.0 Å². The lowest BCUT2D eigenvalue weighted by atomic mass is 10.1. The number of aromatic nitrogens is 2. The highest BCUT2D eigenvalue weighted by molar-refractivity contribution is 6.33. The molecular formula is C15H8ClF3N2O. The number of alkyl halides is 3. The lowest BCUT2D eigenvalue weighted by molar-refractivity contribution is -0.137. The molecule has 0 bridgehead atoms. The molecule has 0 saturated carbocycles. The van der Waals surface area contributed by atoms with Crippen molar-refractivity contribution in [2.24, 2.45) is 0 Å². The summed E-state index contributed by atoms with van der Waals surface area (Å²) in [5.74, 6) is 0.0102. The summed E-state index contributed by atoms with van der Waals surface area (Å²) >= 11 is 5.94. The summed E-state index contributed by atoms with van der Waals surface area (Å²) in [5, 5.41) is -0.0514. The normalized spacial score (nSPS) is 11.8. The summed E-state index contributed by atoms with van der Waals surface area (Å²) in [7, 11) is 0. The molecule has 0 aliphatic carbocycles. The van der Waals surface area contributed by atoms with Crippen LogP contribution in [0.3, 0.4) is 0 Å². The number of nitrogens with one attached hydrogen (secondary N) is 1. The Kier molecular flexibility index (Phi) is 3.41. The maximum Gasteiger partial charge on any atom is 0.417 e. The Bertz CT molecular complexity index is 871. The summed E-state index contributed by atoms with van der Waals surface area (Å²) in [6.45, 7) is 0. The molecule has 0 spiro atoms. The van der Waals surface area contributed by atoms with E-state index in [0.717, 1.165) is 6.07 Å². The van der Waals surface area contributed by atoms with E-state index >= 15 is 0 Å². The third-order valence-electron chi connectivity index (χ3n) is 3.20. The van der Waals surface area contributed by atoms with Gasteiger partial charge < -0.3 is 4.98 Å². The highest BCUT2D eigenvalue weighted by atomic mass is 35.5. The second kappa shape index (κ2) is 5.14. The first-order chi connectivity index (χ1) is 10.4. The van der Waals surface area contributed by atoms with Gasteiger partial charge in [0, 0.05) is 11.1 Å². The first-order valence-electron chi connectivity index (χ1n) is 6.21. The van der Waals surface area contributed by atoms with Crippen LogP contribution in [0.4, 0.5) is 13.2 Å². The summed E-state index contributed by atoms with van der Waals surface area (Å²) in [4.78, 5) is 17.7. The van der Waals surface area contributed by atoms with Gasteiger partial charge >= 0.3 is 6.18 Å². The third-order valence-corrected chi connectivity index (χ3v) is 3.51. The Morgan fingerprint density at radius 3 is 2.64 bits per heavy atom. The number of imidazole rings is 1. The van der Waals surface area contributed by atoms with E-state index in [4.69, 9.17) is 11.6 Å². The number of carbonyl (C=O) groups is 1. The van der Waals surface area contributed by atoms with Crippen LogP contribution in [0.2, 0.25) is 5.02 Å². The Labute approximate surface area is 127 Å². The molecule has 1 heterocycles. The summed E-state index contributed by atoms with van der Waals surface area (Å²) in [6, 6.07) is 8.17. The van der Waals surface area contributed by atoms with Crippen molar-refractivity contribution in [1.29, 1.82) is 0 Å². The fourth-order valence-electron chi connectivity index (χ4n) is 2.22. The van der Waals surface area contributed by atoms with Gasteiger partial charge in [-0.1, -0.05) is 17.7 Å². The average Bonchev–Trinajstić information content (AvgIpc) is 2.88. The minimum Gasteiger partial charge on any atom is -0.338 e. The van der Waals surface area contributed by atoms with Crippen molar-refractivity contribution in [1.82, 2.24) is 9.97 Å². The minimum atomic E-state index is -4.55. The van der Waals surface area contributed by atoms with E-state index in [1.165, 1.54) is 24.3 Å². The van der Waals surface area contributed by atoms with Crippen LogP contribution in [0.25, 0.3) is 22.4 Å². The van der Waals surface area contributed by atoms with Crippen molar-refractivity contribution in [2.45, 2.75) is 6.18 Å². The van der Waals surface area contributed by atoms with Crippen LogP contribution in [0.1, 0.15) is 15.9 Å². The zero-order chi connectivity index (χ0) is 15.9. The summed E-state index contributed by atoms with van der Waals surface area (Å²) < 4.78 is 39.4. The lowest BCUT2D eigenvalue weighted by Crippen LogP contribution is -2.07. The Morgan fingerprint density at radius 1 is 1.18 bits per heavy atom. The quantitative estimate of drug-likeness (QED) is 0.694. The van der Waals surface area contributed by atoms with Gasteiger partial charge in [-0.05, 0) is 30.3 Å². The van der Waals surface area contributed by atoms with Gasteiger partial charge in [-0.3, -0.25) is 4.79 Å². The second-order valence-corrected chi connectivity index (χ2v) is 5.05. The van der Waals surface area contributed by atoms with Crippen molar-refractivity contribution in [3.8, 4) is 11.4 Å². The number of halogens is 4.